The Balaban J connectivity index is 2.42. The molecule has 0 amide bonds. The molecule has 2 atom stereocenters. The van der Waals surface area contributed by atoms with Gasteiger partial charge in [-0.3, -0.25) is 9.98 Å². The molecule has 72 valence electrons. The average molecular weight is 189 g/mol. The van der Waals surface area contributed by atoms with E-state index in [0.29, 0.717) is 0 Å². The summed E-state index contributed by atoms with van der Waals surface area (Å²) in [7, 11) is 0. The molecule has 0 radical (unpaired) electrons. The summed E-state index contributed by atoms with van der Waals surface area (Å²) in [5.74, 6) is 0. The minimum atomic E-state index is -0.935. The predicted octanol–water partition coefficient (Wildman–Crippen LogP) is 0.195. The fraction of sp³-hybridized carbons (Fsp3) is 0.200. The molecule has 1 aliphatic rings. The number of allylic oxidation sites excluding steroid dienone is 1. The number of aromatic nitrogens is 1. The maximum atomic E-state index is 9.69. The van der Waals surface area contributed by atoms with E-state index in [1.54, 1.807) is 36.7 Å². The molecule has 0 aromatic carbocycles. The Morgan fingerprint density at radius 2 is 2.07 bits per heavy atom. The first kappa shape index (κ1) is 9.05. The number of aliphatic imine (C=N–C) groups is 1. The number of dihydropyridines is 1. The molecule has 0 spiro atoms. The molecule has 2 heterocycles. The summed E-state index contributed by atoms with van der Waals surface area (Å²) >= 11 is 0. The van der Waals surface area contributed by atoms with Gasteiger partial charge in [0.2, 0.25) is 0 Å². The van der Waals surface area contributed by atoms with Crippen LogP contribution in [0.5, 0.6) is 0 Å². The van der Waals surface area contributed by atoms with Crippen LogP contribution in [0.2, 0.25) is 0 Å². The third kappa shape index (κ3) is 1.34. The summed E-state index contributed by atoms with van der Waals surface area (Å²) in [5, 5.41) is 9.69. The number of nitrogens with zero attached hydrogens (tertiary/aromatic N) is 2. The zero-order valence-corrected chi connectivity index (χ0v) is 7.54. The Kier molecular flexibility index (Phi) is 2.15. The van der Waals surface area contributed by atoms with Gasteiger partial charge in [-0.2, -0.15) is 0 Å². The third-order valence-corrected chi connectivity index (χ3v) is 2.29. The molecule has 4 nitrogen and oxygen atoms in total. The van der Waals surface area contributed by atoms with E-state index in [1.807, 2.05) is 0 Å². The smallest absolute Gasteiger partial charge is 0.170 e. The minimum absolute atomic E-state index is 0.799. The fourth-order valence-corrected chi connectivity index (χ4v) is 1.43. The minimum Gasteiger partial charge on any atom is -0.369 e. The lowest BCUT2D eigenvalue weighted by molar-refractivity contribution is 0.116. The van der Waals surface area contributed by atoms with Crippen LogP contribution in [0.25, 0.3) is 0 Å². The van der Waals surface area contributed by atoms with Crippen LogP contribution in [-0.2, 0) is 5.54 Å². The van der Waals surface area contributed by atoms with Gasteiger partial charge in [0.05, 0.1) is 0 Å². The molecule has 0 fully saturated rings. The van der Waals surface area contributed by atoms with Crippen molar-refractivity contribution in [2.75, 3.05) is 0 Å². The number of hydrogen-bond acceptors (Lipinski definition) is 4. The molecular weight excluding hydrogens is 178 g/mol. The van der Waals surface area contributed by atoms with Crippen molar-refractivity contribution >= 4 is 6.21 Å². The second-order valence-corrected chi connectivity index (χ2v) is 3.20. The van der Waals surface area contributed by atoms with E-state index in [-0.39, 0.29) is 0 Å². The summed E-state index contributed by atoms with van der Waals surface area (Å²) in [6.45, 7) is 0. The number of aliphatic hydroxyl groups is 1. The second kappa shape index (κ2) is 3.32. The Labute approximate surface area is 81.8 Å². The van der Waals surface area contributed by atoms with Crippen molar-refractivity contribution in [1.82, 2.24) is 4.98 Å². The summed E-state index contributed by atoms with van der Waals surface area (Å²) in [6, 6.07) is 3.54. The second-order valence-electron chi connectivity index (χ2n) is 3.20. The van der Waals surface area contributed by atoms with Crippen LogP contribution in [0, 0.1) is 0 Å². The van der Waals surface area contributed by atoms with Gasteiger partial charge in [0.25, 0.3) is 0 Å². The number of nitrogens with two attached hydrogens (primary N) is 1. The van der Waals surface area contributed by atoms with Crippen LogP contribution in [0.4, 0.5) is 0 Å². The van der Waals surface area contributed by atoms with Crippen LogP contribution in [-0.4, -0.2) is 22.5 Å². The monoisotopic (exact) mass is 189 g/mol. The highest BCUT2D eigenvalue weighted by Crippen LogP contribution is 2.25. The maximum Gasteiger partial charge on any atom is 0.170 e. The lowest BCUT2D eigenvalue weighted by atomic mass is 9.88. The highest BCUT2D eigenvalue weighted by molar-refractivity contribution is 5.73. The van der Waals surface area contributed by atoms with Crippen molar-refractivity contribution in [2.24, 2.45) is 10.7 Å². The largest absolute Gasteiger partial charge is 0.369 e. The number of pyridine rings is 1. The summed E-state index contributed by atoms with van der Waals surface area (Å²) < 4.78 is 0. The van der Waals surface area contributed by atoms with Gasteiger partial charge in [0.15, 0.2) is 6.23 Å². The quantitative estimate of drug-likeness (QED) is 0.662. The number of hydrogen-bond donors (Lipinski definition) is 2. The Morgan fingerprint density at radius 3 is 2.71 bits per heavy atom. The topological polar surface area (TPSA) is 71.5 Å². The lowest BCUT2D eigenvalue weighted by Gasteiger charge is -2.30. The summed E-state index contributed by atoms with van der Waals surface area (Å²) in [6.07, 6.45) is 7.35. The first-order valence-electron chi connectivity index (χ1n) is 4.32. The molecule has 0 bridgehead atoms. The first-order chi connectivity index (χ1) is 6.73. The first-order valence-corrected chi connectivity index (χ1v) is 4.32. The van der Waals surface area contributed by atoms with Gasteiger partial charge in [0.1, 0.15) is 5.54 Å². The standard InChI is InChI=1S/C10H11N3O/c11-10(4-1-5-13-9(10)14)8-2-6-12-7-3-8/h1-7,9,14H,11H2. The van der Waals surface area contributed by atoms with Crippen LogP contribution < -0.4 is 5.73 Å². The summed E-state index contributed by atoms with van der Waals surface area (Å²) in [5.41, 5.74) is 5.91. The van der Waals surface area contributed by atoms with E-state index < -0.39 is 11.8 Å². The van der Waals surface area contributed by atoms with E-state index in [0.717, 1.165) is 5.56 Å². The van der Waals surface area contributed by atoms with E-state index in [4.69, 9.17) is 5.73 Å². The van der Waals surface area contributed by atoms with E-state index in [1.165, 1.54) is 6.21 Å². The number of aliphatic hydroxyl groups excluding tert-OH is 1. The van der Waals surface area contributed by atoms with Gasteiger partial charge in [0, 0.05) is 18.6 Å². The van der Waals surface area contributed by atoms with Crippen LogP contribution in [0.15, 0.2) is 41.7 Å². The van der Waals surface area contributed by atoms with Gasteiger partial charge in [-0.05, 0) is 23.8 Å². The molecule has 2 rings (SSSR count). The van der Waals surface area contributed by atoms with Crippen molar-refractivity contribution in [3.05, 3.63) is 42.2 Å². The summed E-state index contributed by atoms with van der Waals surface area (Å²) in [4.78, 5) is 7.75. The molecule has 1 aliphatic heterocycles. The van der Waals surface area contributed by atoms with Crippen molar-refractivity contribution < 1.29 is 5.11 Å². The molecule has 4 heteroatoms. The van der Waals surface area contributed by atoms with Crippen molar-refractivity contribution in [2.45, 2.75) is 11.8 Å². The molecule has 1 aromatic heterocycles. The maximum absolute atomic E-state index is 9.69. The van der Waals surface area contributed by atoms with Crippen molar-refractivity contribution in [1.29, 1.82) is 0 Å². The Hall–Kier alpha value is -1.52. The molecule has 0 saturated carbocycles. The van der Waals surface area contributed by atoms with Gasteiger partial charge in [-0.25, -0.2) is 0 Å². The molecule has 2 unspecified atom stereocenters. The van der Waals surface area contributed by atoms with Crippen LogP contribution >= 0.6 is 0 Å². The normalized spacial score (nSPS) is 30.6. The molecule has 14 heavy (non-hydrogen) atoms. The van der Waals surface area contributed by atoms with Gasteiger partial charge in [-0.15, -0.1) is 0 Å². The predicted molar refractivity (Wildman–Crippen MR) is 53.7 cm³/mol. The van der Waals surface area contributed by atoms with Crippen molar-refractivity contribution in [3.8, 4) is 0 Å². The van der Waals surface area contributed by atoms with Crippen LogP contribution in [0.3, 0.4) is 0 Å². The molecular formula is C10H11N3O. The van der Waals surface area contributed by atoms with Gasteiger partial charge < -0.3 is 10.8 Å². The van der Waals surface area contributed by atoms with Gasteiger partial charge in [-0.1, -0.05) is 6.08 Å². The van der Waals surface area contributed by atoms with E-state index in [2.05, 4.69) is 9.98 Å². The zero-order valence-electron chi connectivity index (χ0n) is 7.54. The lowest BCUT2D eigenvalue weighted by Crippen LogP contribution is -2.46. The highest BCUT2D eigenvalue weighted by atomic mass is 16.3. The van der Waals surface area contributed by atoms with E-state index in [9.17, 15) is 5.11 Å². The zero-order chi connectivity index (χ0) is 10.0. The SMILES string of the molecule is NC1(c2ccncc2)C=CC=NC1O. The van der Waals surface area contributed by atoms with Crippen molar-refractivity contribution in [3.63, 3.8) is 0 Å². The van der Waals surface area contributed by atoms with Crippen LogP contribution in [0.1, 0.15) is 5.56 Å². The molecule has 3 N–H and O–H groups in total. The Bertz CT molecular complexity index is 374. The average Bonchev–Trinajstić information content (AvgIpc) is 2.24. The highest BCUT2D eigenvalue weighted by Gasteiger charge is 2.33. The number of rotatable bonds is 1. The van der Waals surface area contributed by atoms with E-state index >= 15 is 0 Å². The fourth-order valence-electron chi connectivity index (χ4n) is 1.43. The van der Waals surface area contributed by atoms with Gasteiger partial charge >= 0.3 is 0 Å². The molecule has 1 aromatic rings. The third-order valence-electron chi connectivity index (χ3n) is 2.29. The molecule has 0 saturated heterocycles. The Morgan fingerprint density at radius 1 is 1.36 bits per heavy atom. The molecule has 0 aliphatic carbocycles.